The second-order valence-electron chi connectivity index (χ2n) is 15.2. The molecule has 2 heterocycles. The summed E-state index contributed by atoms with van der Waals surface area (Å²) in [6.07, 6.45) is 8.51. The molecule has 5 heteroatoms. The minimum Gasteiger partial charge on any atom is -0.0831 e. The highest BCUT2D eigenvalue weighted by Gasteiger charge is 2.91. The quantitative estimate of drug-likeness (QED) is 0.362. The summed E-state index contributed by atoms with van der Waals surface area (Å²) in [4.78, 5) is 0. The molecule has 0 amide bonds. The summed E-state index contributed by atoms with van der Waals surface area (Å²) in [6, 6.07) is 9.57. The first-order valence-electron chi connectivity index (χ1n) is 12.7. The Morgan fingerprint density at radius 1 is 0.677 bits per heavy atom. The predicted molar refractivity (Wildman–Crippen MR) is 156 cm³/mol. The van der Waals surface area contributed by atoms with Crippen LogP contribution in [-0.4, -0.2) is 40.4 Å². The van der Waals surface area contributed by atoms with Crippen molar-refractivity contribution in [1.82, 2.24) is 0 Å². The molecule has 2 atom stereocenters. The lowest BCUT2D eigenvalue weighted by atomic mass is 9.98. The molecule has 0 radical (unpaired) electrons. The van der Waals surface area contributed by atoms with Crippen LogP contribution in [0.25, 0.3) is 6.08 Å². The van der Waals surface area contributed by atoms with E-state index in [-0.39, 0.29) is 0 Å². The Kier molecular flexibility index (Phi) is 5.14. The normalized spacial score (nSPS) is 28.4. The van der Waals surface area contributed by atoms with Crippen molar-refractivity contribution in [3.63, 3.8) is 0 Å². The Morgan fingerprint density at radius 2 is 1.10 bits per heavy atom. The summed E-state index contributed by atoms with van der Waals surface area (Å²) in [7, 11) is -7.30. The highest BCUT2D eigenvalue weighted by Crippen LogP contribution is 2.91. The first-order chi connectivity index (χ1) is 13.9. The van der Waals surface area contributed by atoms with Gasteiger partial charge in [-0.05, 0) is 30.8 Å². The van der Waals surface area contributed by atoms with Crippen molar-refractivity contribution in [1.29, 1.82) is 0 Å². The van der Waals surface area contributed by atoms with E-state index in [1.54, 1.807) is 24.0 Å². The van der Waals surface area contributed by atoms with Gasteiger partial charge in [-0.3, -0.25) is 0 Å². The lowest BCUT2D eigenvalue weighted by Crippen LogP contribution is -2.71. The second kappa shape index (κ2) is 6.58. The fourth-order valence-corrected chi connectivity index (χ4v) is 66.8. The average Bonchev–Trinajstić information content (AvgIpc) is 3.08. The molecule has 3 aliphatic rings. The predicted octanol–water partition coefficient (Wildman–Crippen LogP) is 8.95. The van der Waals surface area contributed by atoms with Gasteiger partial charge in [-0.25, -0.2) is 0 Å². The van der Waals surface area contributed by atoms with E-state index in [1.807, 2.05) is 0 Å². The summed E-state index contributed by atoms with van der Waals surface area (Å²) < 4.78 is 1.48. The third-order valence-corrected chi connectivity index (χ3v) is 50.9. The van der Waals surface area contributed by atoms with Crippen LogP contribution in [0.4, 0.5) is 0 Å². The molecule has 0 N–H and O–H groups in total. The van der Waals surface area contributed by atoms with Crippen molar-refractivity contribution in [3.8, 4) is 0 Å². The van der Waals surface area contributed by atoms with Gasteiger partial charge < -0.3 is 0 Å². The van der Waals surface area contributed by atoms with Crippen molar-refractivity contribution in [2.24, 2.45) is 0 Å². The molecule has 2 unspecified atom stereocenters. The number of allylic oxidation sites excluding steroid dienone is 1. The molecule has 0 saturated carbocycles. The van der Waals surface area contributed by atoms with Crippen molar-refractivity contribution >= 4 is 46.4 Å². The summed E-state index contributed by atoms with van der Waals surface area (Å²) in [6.45, 7) is 33.6. The van der Waals surface area contributed by atoms with Crippen LogP contribution in [0.3, 0.4) is 0 Å². The van der Waals surface area contributed by atoms with Crippen LogP contribution in [0.5, 0.6) is 0 Å². The van der Waals surface area contributed by atoms with Gasteiger partial charge in [-0.15, -0.1) is 0 Å². The fraction of sp³-hybridized carbons (Fsp3) is 0.692. The molecule has 31 heavy (non-hydrogen) atoms. The van der Waals surface area contributed by atoms with E-state index in [2.05, 4.69) is 115 Å². The van der Waals surface area contributed by atoms with E-state index in [9.17, 15) is 0 Å². The van der Waals surface area contributed by atoms with Crippen molar-refractivity contribution in [2.75, 3.05) is 0 Å². The van der Waals surface area contributed by atoms with Crippen LogP contribution in [0.1, 0.15) is 29.5 Å². The van der Waals surface area contributed by atoms with Crippen LogP contribution >= 0.6 is 0 Å². The standard InChI is InChI=1S/C26H48Si5/c1-27(2,3)25(28(4,5)6)19-20-26(29(7,8)9,30(10,11)12)31(25)23-18-17-21-15-13-14-16-22(21)24(23)31/h13-18,23-24H,19-20H2,1-12H3. The highest BCUT2D eigenvalue weighted by atomic mass is 28.5. The van der Waals surface area contributed by atoms with Crippen LogP contribution in [0.15, 0.2) is 30.3 Å². The molecule has 0 nitrogen and oxygen atoms in total. The maximum atomic E-state index is 2.80. The Hall–Kier alpha value is 0.0444. The van der Waals surface area contributed by atoms with Crippen LogP contribution < -0.4 is 0 Å². The third kappa shape index (κ3) is 2.62. The largest absolute Gasteiger partial charge is 0.0831 e. The van der Waals surface area contributed by atoms with E-state index in [4.69, 9.17) is 0 Å². The molecule has 2 saturated heterocycles. The van der Waals surface area contributed by atoms with Gasteiger partial charge in [0, 0.05) is 32.3 Å². The molecule has 1 aliphatic carbocycles. The Labute approximate surface area is 198 Å². The van der Waals surface area contributed by atoms with Gasteiger partial charge in [0.1, 0.15) is 0 Å². The zero-order valence-corrected chi connectivity index (χ0v) is 27.5. The van der Waals surface area contributed by atoms with Gasteiger partial charge in [0.15, 0.2) is 0 Å². The SMILES string of the molecule is C[Si](C)(C)C1([Si](C)(C)C)CCC([Si](C)(C)C)([Si](C)(C)C)[Si]12C1C=Cc3ccccc3C12. The minimum absolute atomic E-state index is 0.741. The summed E-state index contributed by atoms with van der Waals surface area (Å²) in [5.74, 6) is 0. The van der Waals surface area contributed by atoms with E-state index in [0.717, 1.165) is 19.7 Å². The van der Waals surface area contributed by atoms with Gasteiger partial charge in [0.25, 0.3) is 0 Å². The lowest BCUT2D eigenvalue weighted by molar-refractivity contribution is 0.763. The van der Waals surface area contributed by atoms with Gasteiger partial charge >= 0.3 is 0 Å². The van der Waals surface area contributed by atoms with E-state index < -0.39 is 40.4 Å². The zero-order chi connectivity index (χ0) is 23.5. The monoisotopic (exact) mass is 500 g/mol. The Morgan fingerprint density at radius 3 is 1.52 bits per heavy atom. The van der Waals surface area contributed by atoms with Crippen LogP contribution in [-0.2, 0) is 0 Å². The number of rotatable bonds is 4. The van der Waals surface area contributed by atoms with Gasteiger partial charge in [0.2, 0.25) is 0 Å². The molecule has 2 aliphatic heterocycles. The zero-order valence-electron chi connectivity index (χ0n) is 22.5. The van der Waals surface area contributed by atoms with Gasteiger partial charge in [-0.1, -0.05) is 128 Å². The van der Waals surface area contributed by atoms with Crippen molar-refractivity contribution in [3.05, 3.63) is 41.5 Å². The summed E-state index contributed by atoms with van der Waals surface area (Å²) >= 11 is 0. The maximum Gasteiger partial charge on any atom is 0.0706 e. The lowest BCUT2D eigenvalue weighted by Gasteiger charge is -2.62. The van der Waals surface area contributed by atoms with Crippen LogP contribution in [0, 0.1) is 0 Å². The minimum atomic E-state index is -1.68. The van der Waals surface area contributed by atoms with E-state index in [0.29, 0.717) is 0 Å². The number of hydrogen-bond acceptors (Lipinski definition) is 0. The molecule has 0 bridgehead atoms. The molecule has 1 aromatic rings. The first kappa shape index (κ1) is 24.2. The number of fused-ring (bicyclic) bond motifs is 5. The van der Waals surface area contributed by atoms with Gasteiger partial charge in [0.05, 0.1) is 8.07 Å². The highest BCUT2D eigenvalue weighted by molar-refractivity contribution is 7.31. The Balaban J connectivity index is 2.16. The molecule has 0 aromatic heterocycles. The maximum absolute atomic E-state index is 2.80. The summed E-state index contributed by atoms with van der Waals surface area (Å²) in [5.41, 5.74) is 5.15. The third-order valence-electron chi connectivity index (χ3n) is 10.5. The first-order valence-corrected chi connectivity index (χ1v) is 28.8. The molecule has 2 fully saturated rings. The van der Waals surface area contributed by atoms with Crippen molar-refractivity contribution < 1.29 is 0 Å². The van der Waals surface area contributed by atoms with Crippen molar-refractivity contribution in [2.45, 2.75) is 111 Å². The van der Waals surface area contributed by atoms with E-state index in [1.165, 1.54) is 0 Å². The topological polar surface area (TPSA) is 0 Å². The number of benzene rings is 1. The molecular weight excluding hydrogens is 453 g/mol. The Bertz CT molecular complexity index is 849. The molecule has 4 rings (SSSR count). The number of hydrogen-bond donors (Lipinski definition) is 0. The molecule has 1 spiro atoms. The van der Waals surface area contributed by atoms with Crippen LogP contribution in [0.2, 0.25) is 92.7 Å². The average molecular weight is 501 g/mol. The smallest absolute Gasteiger partial charge is 0.0706 e. The van der Waals surface area contributed by atoms with Gasteiger partial charge in [-0.2, -0.15) is 0 Å². The van der Waals surface area contributed by atoms with E-state index >= 15 is 0 Å². The summed E-state index contributed by atoms with van der Waals surface area (Å²) in [5, 5.41) is 0. The molecule has 172 valence electrons. The fourth-order valence-electron chi connectivity index (χ4n) is 10.8. The molecule has 1 aromatic carbocycles. The second-order valence-corrected chi connectivity index (χ2v) is 44.3. The molecular formula is C26H48Si5.